The molecule has 4 aromatic carbocycles. The third-order valence-corrected chi connectivity index (χ3v) is 10.6. The summed E-state index contributed by atoms with van der Waals surface area (Å²) < 4.78 is 11.0. The molecule has 0 aliphatic carbocycles. The first-order valence-corrected chi connectivity index (χ1v) is 18.0. The van der Waals surface area contributed by atoms with Crippen LogP contribution in [-0.4, -0.2) is 19.3 Å². The largest absolute Gasteiger partial charge is 0.457 e. The van der Waals surface area contributed by atoms with Crippen molar-refractivity contribution in [1.82, 2.24) is 19.3 Å². The molecule has 0 aliphatic heterocycles. The molecule has 0 saturated carbocycles. The number of rotatable bonds is 9. The highest BCUT2D eigenvalue weighted by Gasteiger charge is 2.27. The Hall–Kier alpha value is -5.16. The average Bonchev–Trinajstić information content (AvgIpc) is 3.66. The van der Waals surface area contributed by atoms with Crippen LogP contribution in [0.5, 0.6) is 11.5 Å². The zero-order valence-corrected chi connectivity index (χ0v) is 30.7. The zero-order valence-electron chi connectivity index (χ0n) is 30.7. The second-order valence-electron chi connectivity index (χ2n) is 14.8. The highest BCUT2D eigenvalue weighted by molar-refractivity contribution is 6.09. The number of hydrogen-bond acceptors (Lipinski definition) is 3. The number of pyridine rings is 1. The van der Waals surface area contributed by atoms with Gasteiger partial charge in [-0.3, -0.25) is 4.57 Å². The molecule has 3 heterocycles. The normalized spacial score (nSPS) is 13.2. The lowest BCUT2D eigenvalue weighted by atomic mass is 9.72. The van der Waals surface area contributed by atoms with Crippen LogP contribution < -0.4 is 4.74 Å². The van der Waals surface area contributed by atoms with E-state index in [9.17, 15) is 0 Å². The predicted molar refractivity (Wildman–Crippen MR) is 208 cm³/mol. The minimum atomic E-state index is 0.218. The van der Waals surface area contributed by atoms with Gasteiger partial charge in [-0.1, -0.05) is 90.9 Å². The SMILES string of the molecule is CCc1nn(-c2cccc(Oc3ccc4c5cc(C(C)C(C)C(C)(C)C)ccc5n(-c5cc(C)ccn5)c4c3)c2)c(CC)c1-c1ccccc1. The summed E-state index contributed by atoms with van der Waals surface area (Å²) in [4.78, 5) is 4.83. The second-order valence-corrected chi connectivity index (χ2v) is 14.8. The highest BCUT2D eigenvalue weighted by Crippen LogP contribution is 2.41. The molecule has 3 aromatic heterocycles. The first-order valence-electron chi connectivity index (χ1n) is 18.0. The monoisotopic (exact) mass is 660 g/mol. The molecule has 2 unspecified atom stereocenters. The van der Waals surface area contributed by atoms with Crippen molar-refractivity contribution in [3.8, 4) is 34.1 Å². The fourth-order valence-electron chi connectivity index (χ4n) is 7.34. The van der Waals surface area contributed by atoms with E-state index in [1.165, 1.54) is 38.7 Å². The molecular weight excluding hydrogens is 613 g/mol. The molecule has 0 spiro atoms. The average molecular weight is 661 g/mol. The standard InChI is InChI=1S/C45H48N4O/c1-9-39-44(32-15-12-11-13-16-32)40(10-2)49(47-39)34-17-14-18-35(27-34)50-36-20-21-37-38-26-33(30(4)31(5)45(6,7)8)19-22-41(38)48(42(37)28-36)43-25-29(3)23-24-46-43/h11-28,30-31H,9-10H2,1-8H3. The predicted octanol–water partition coefficient (Wildman–Crippen LogP) is 12.0. The first-order chi connectivity index (χ1) is 24.1. The van der Waals surface area contributed by atoms with E-state index in [0.717, 1.165) is 52.6 Å². The van der Waals surface area contributed by atoms with Gasteiger partial charge in [0.2, 0.25) is 0 Å². The fraction of sp³-hybridized carbons (Fsp3) is 0.289. The van der Waals surface area contributed by atoms with Crippen LogP contribution in [0.4, 0.5) is 0 Å². The van der Waals surface area contributed by atoms with Gasteiger partial charge in [0.25, 0.3) is 0 Å². The van der Waals surface area contributed by atoms with E-state index < -0.39 is 0 Å². The Kier molecular flexibility index (Phi) is 8.86. The Morgan fingerprint density at radius 2 is 1.52 bits per heavy atom. The number of fused-ring (bicyclic) bond motifs is 3. The molecule has 50 heavy (non-hydrogen) atoms. The quantitative estimate of drug-likeness (QED) is 0.155. The molecular formula is C45H48N4O. The molecule has 0 N–H and O–H groups in total. The lowest BCUT2D eigenvalue weighted by molar-refractivity contribution is 0.228. The lowest BCUT2D eigenvalue weighted by Crippen LogP contribution is -2.22. The van der Waals surface area contributed by atoms with E-state index in [0.29, 0.717) is 11.8 Å². The van der Waals surface area contributed by atoms with Crippen molar-refractivity contribution < 1.29 is 4.74 Å². The maximum absolute atomic E-state index is 6.64. The van der Waals surface area contributed by atoms with Gasteiger partial charge in [0.1, 0.15) is 17.3 Å². The number of nitrogens with zero attached hydrogens (tertiary/aromatic N) is 4. The van der Waals surface area contributed by atoms with Crippen LogP contribution in [-0.2, 0) is 12.8 Å². The van der Waals surface area contributed by atoms with E-state index in [-0.39, 0.29) is 5.41 Å². The Bertz CT molecular complexity index is 2300. The van der Waals surface area contributed by atoms with Crippen LogP contribution in [0.15, 0.2) is 109 Å². The van der Waals surface area contributed by atoms with E-state index in [2.05, 4.69) is 150 Å². The molecule has 0 bridgehead atoms. The molecule has 0 amide bonds. The van der Waals surface area contributed by atoms with E-state index in [1.807, 2.05) is 24.4 Å². The van der Waals surface area contributed by atoms with E-state index in [1.54, 1.807) is 0 Å². The van der Waals surface area contributed by atoms with Crippen molar-refractivity contribution in [2.75, 3.05) is 0 Å². The maximum atomic E-state index is 6.64. The summed E-state index contributed by atoms with van der Waals surface area (Å²) in [6.07, 6.45) is 3.62. The molecule has 5 nitrogen and oxygen atoms in total. The second kappa shape index (κ2) is 13.3. The summed E-state index contributed by atoms with van der Waals surface area (Å²) >= 11 is 0. The molecule has 5 heteroatoms. The maximum Gasteiger partial charge on any atom is 0.137 e. The van der Waals surface area contributed by atoms with Crippen molar-refractivity contribution in [2.45, 2.75) is 74.1 Å². The molecule has 7 rings (SSSR count). The van der Waals surface area contributed by atoms with Gasteiger partial charge in [-0.05, 0) is 102 Å². The highest BCUT2D eigenvalue weighted by atomic mass is 16.5. The summed E-state index contributed by atoms with van der Waals surface area (Å²) in [5.74, 6) is 3.39. The van der Waals surface area contributed by atoms with Gasteiger partial charge in [0, 0.05) is 34.7 Å². The molecule has 0 saturated heterocycles. The molecule has 0 radical (unpaired) electrons. The number of aromatic nitrogens is 4. The Morgan fingerprint density at radius 3 is 2.24 bits per heavy atom. The third-order valence-electron chi connectivity index (χ3n) is 10.6. The van der Waals surface area contributed by atoms with Crippen molar-refractivity contribution >= 4 is 21.8 Å². The van der Waals surface area contributed by atoms with Gasteiger partial charge < -0.3 is 4.74 Å². The van der Waals surface area contributed by atoms with Crippen LogP contribution in [0.2, 0.25) is 0 Å². The number of hydrogen-bond donors (Lipinski definition) is 0. The van der Waals surface area contributed by atoms with Gasteiger partial charge in [-0.15, -0.1) is 0 Å². The van der Waals surface area contributed by atoms with E-state index in [4.69, 9.17) is 14.8 Å². The van der Waals surface area contributed by atoms with Gasteiger partial charge in [-0.2, -0.15) is 5.10 Å². The summed E-state index contributed by atoms with van der Waals surface area (Å²) in [7, 11) is 0. The first kappa shape index (κ1) is 33.3. The van der Waals surface area contributed by atoms with Crippen LogP contribution in [0, 0.1) is 18.3 Å². The van der Waals surface area contributed by atoms with Crippen LogP contribution >= 0.6 is 0 Å². The number of benzene rings is 4. The van der Waals surface area contributed by atoms with Crippen LogP contribution in [0.3, 0.4) is 0 Å². The topological polar surface area (TPSA) is 44.9 Å². The fourth-order valence-corrected chi connectivity index (χ4v) is 7.34. The van der Waals surface area contributed by atoms with Crippen molar-refractivity contribution in [1.29, 1.82) is 0 Å². The van der Waals surface area contributed by atoms with Gasteiger partial charge >= 0.3 is 0 Å². The third kappa shape index (κ3) is 6.10. The molecule has 7 aromatic rings. The zero-order chi connectivity index (χ0) is 35.2. The molecule has 0 aliphatic rings. The Labute approximate surface area is 296 Å². The number of ether oxygens (including phenoxy) is 1. The summed E-state index contributed by atoms with van der Waals surface area (Å²) in [5, 5.41) is 7.52. The van der Waals surface area contributed by atoms with Crippen LogP contribution in [0.1, 0.15) is 76.9 Å². The van der Waals surface area contributed by atoms with Crippen molar-refractivity contribution in [3.05, 3.63) is 132 Å². The minimum Gasteiger partial charge on any atom is -0.457 e. The van der Waals surface area contributed by atoms with Gasteiger partial charge in [0.15, 0.2) is 0 Å². The molecule has 2 atom stereocenters. The lowest BCUT2D eigenvalue weighted by Gasteiger charge is -2.32. The molecule has 254 valence electrons. The minimum absolute atomic E-state index is 0.218. The van der Waals surface area contributed by atoms with Gasteiger partial charge in [-0.25, -0.2) is 9.67 Å². The van der Waals surface area contributed by atoms with Crippen molar-refractivity contribution in [2.24, 2.45) is 11.3 Å². The van der Waals surface area contributed by atoms with E-state index >= 15 is 0 Å². The summed E-state index contributed by atoms with van der Waals surface area (Å²) in [5.41, 5.74) is 10.7. The van der Waals surface area contributed by atoms with Crippen molar-refractivity contribution in [3.63, 3.8) is 0 Å². The van der Waals surface area contributed by atoms with Gasteiger partial charge in [0.05, 0.1) is 28.1 Å². The summed E-state index contributed by atoms with van der Waals surface area (Å²) in [6.45, 7) is 18.2. The molecule has 0 fully saturated rings. The Morgan fingerprint density at radius 1 is 0.740 bits per heavy atom. The smallest absolute Gasteiger partial charge is 0.137 e. The number of aryl methyl sites for hydroxylation is 2. The summed E-state index contributed by atoms with van der Waals surface area (Å²) in [6, 6.07) is 36.5. The Balaban J connectivity index is 1.31. The van der Waals surface area contributed by atoms with Crippen LogP contribution in [0.25, 0.3) is 44.4 Å².